The highest BCUT2D eigenvalue weighted by Crippen LogP contribution is 2.80. The fourth-order valence-corrected chi connectivity index (χ4v) is 8.00. The summed E-state index contributed by atoms with van der Waals surface area (Å²) < 4.78 is 11.9. The number of carboxylic acid groups (broad SMARTS) is 1. The van der Waals surface area contributed by atoms with E-state index in [-0.39, 0.29) is 30.0 Å². The Morgan fingerprint density at radius 2 is 2.16 bits per heavy atom. The Morgan fingerprint density at radius 1 is 1.40 bits per heavy atom. The van der Waals surface area contributed by atoms with Crippen LogP contribution in [0.15, 0.2) is 12.2 Å². The van der Waals surface area contributed by atoms with Crippen molar-refractivity contribution < 1.29 is 29.3 Å². The van der Waals surface area contributed by atoms with Crippen LogP contribution in [0.1, 0.15) is 39.0 Å². The molecular formula is C19H22O6. The Bertz CT molecular complexity index is 776. The number of carbonyl (C=O) groups excluding carboxylic acids is 1. The van der Waals surface area contributed by atoms with E-state index < -0.39 is 33.9 Å². The summed E-state index contributed by atoms with van der Waals surface area (Å²) in [7, 11) is 0. The third-order valence-electron chi connectivity index (χ3n) is 8.76. The van der Waals surface area contributed by atoms with E-state index >= 15 is 0 Å². The maximum Gasteiger partial charge on any atom is 0.315 e. The Hall–Kier alpha value is -1.40. The molecular weight excluding hydrogens is 324 g/mol. The minimum Gasteiger partial charge on any atom is -0.481 e. The van der Waals surface area contributed by atoms with Gasteiger partial charge < -0.3 is 19.7 Å². The fourth-order valence-electron chi connectivity index (χ4n) is 8.00. The van der Waals surface area contributed by atoms with Crippen molar-refractivity contribution in [1.82, 2.24) is 0 Å². The number of epoxide rings is 1. The zero-order valence-electron chi connectivity index (χ0n) is 14.2. The summed E-state index contributed by atoms with van der Waals surface area (Å²) >= 11 is 0. The number of hydrogen-bond donors (Lipinski definition) is 2. The third kappa shape index (κ3) is 1.25. The Labute approximate surface area is 145 Å². The Balaban J connectivity index is 1.61. The van der Waals surface area contributed by atoms with Gasteiger partial charge in [-0.05, 0) is 43.6 Å². The molecule has 6 rings (SSSR count). The first-order chi connectivity index (χ1) is 11.7. The van der Waals surface area contributed by atoms with Crippen LogP contribution in [0.2, 0.25) is 0 Å². The maximum atomic E-state index is 12.8. The lowest BCUT2D eigenvalue weighted by molar-refractivity contribution is -0.165. The molecule has 2 saturated heterocycles. The van der Waals surface area contributed by atoms with Gasteiger partial charge in [0.15, 0.2) is 0 Å². The smallest absolute Gasteiger partial charge is 0.315 e. The topological polar surface area (TPSA) is 96.4 Å². The zero-order valence-corrected chi connectivity index (χ0v) is 14.2. The highest BCUT2D eigenvalue weighted by Gasteiger charge is 2.88. The van der Waals surface area contributed by atoms with Crippen molar-refractivity contribution in [2.75, 3.05) is 0 Å². The zero-order chi connectivity index (χ0) is 17.6. The number of esters is 1. The third-order valence-corrected chi connectivity index (χ3v) is 8.76. The van der Waals surface area contributed by atoms with E-state index in [0.717, 1.165) is 5.57 Å². The number of carbonyl (C=O) groups is 2. The number of fused-ring (bicyclic) bond motifs is 3. The standard InChI is InChI=1S/C19H22O6/c1-8-5-17-7-18(8,23)4-3-10(17)19-6-9-13(24-9)16(2,15(22)25-19)12(19)11(17)14(20)21/h9-13,23H,1,3-7H2,2H3,(H,20,21)/t9-,10+,11+,12+,13-,16?,17-,18+,19+/m1/s1. The normalized spacial score (nSPS) is 62.9. The molecule has 9 atom stereocenters. The van der Waals surface area contributed by atoms with Crippen LogP contribution in [0, 0.1) is 28.6 Å². The Kier molecular flexibility index (Phi) is 2.16. The van der Waals surface area contributed by atoms with Crippen molar-refractivity contribution in [2.45, 2.75) is 62.4 Å². The minimum atomic E-state index is -0.960. The summed E-state index contributed by atoms with van der Waals surface area (Å²) in [6.07, 6.45) is 2.59. The number of ether oxygens (including phenoxy) is 2. The maximum absolute atomic E-state index is 12.8. The average molecular weight is 346 g/mol. The van der Waals surface area contributed by atoms with E-state index in [1.807, 2.05) is 6.92 Å². The van der Waals surface area contributed by atoms with Gasteiger partial charge in [0.05, 0.1) is 17.6 Å². The van der Waals surface area contributed by atoms with Crippen LogP contribution in [0.5, 0.6) is 0 Å². The number of carboxylic acids is 1. The van der Waals surface area contributed by atoms with Gasteiger partial charge in [-0.3, -0.25) is 9.59 Å². The van der Waals surface area contributed by atoms with E-state index in [9.17, 15) is 19.8 Å². The largest absolute Gasteiger partial charge is 0.481 e. The van der Waals surface area contributed by atoms with Gasteiger partial charge in [-0.25, -0.2) is 0 Å². The van der Waals surface area contributed by atoms with E-state index in [2.05, 4.69) is 6.58 Å². The summed E-state index contributed by atoms with van der Waals surface area (Å²) in [5.41, 5.74) is -2.40. The first-order valence-corrected chi connectivity index (χ1v) is 9.21. The molecule has 0 aromatic rings. The molecule has 6 fully saturated rings. The molecule has 4 saturated carbocycles. The Morgan fingerprint density at radius 3 is 2.88 bits per heavy atom. The van der Waals surface area contributed by atoms with Gasteiger partial charge in [0, 0.05) is 18.3 Å². The van der Waals surface area contributed by atoms with Crippen molar-refractivity contribution in [3.63, 3.8) is 0 Å². The van der Waals surface area contributed by atoms with E-state index in [4.69, 9.17) is 9.47 Å². The van der Waals surface area contributed by atoms with Crippen LogP contribution < -0.4 is 0 Å². The van der Waals surface area contributed by atoms with Gasteiger partial charge in [0.1, 0.15) is 17.1 Å². The molecule has 1 spiro atoms. The molecule has 0 amide bonds. The van der Waals surface area contributed by atoms with Crippen LogP contribution in [-0.2, 0) is 19.1 Å². The summed E-state index contributed by atoms with van der Waals surface area (Å²) in [5, 5.41) is 21.2. The molecule has 134 valence electrons. The van der Waals surface area contributed by atoms with Crippen molar-refractivity contribution in [3.05, 3.63) is 12.2 Å². The second-order valence-electron chi connectivity index (χ2n) is 9.53. The van der Waals surface area contributed by atoms with Gasteiger partial charge in [-0.2, -0.15) is 0 Å². The van der Waals surface area contributed by atoms with E-state index in [1.165, 1.54) is 0 Å². The molecule has 6 aliphatic rings. The first-order valence-electron chi connectivity index (χ1n) is 9.21. The van der Waals surface area contributed by atoms with Crippen molar-refractivity contribution >= 4 is 11.9 Å². The average Bonchev–Trinajstić information content (AvgIpc) is 3.16. The van der Waals surface area contributed by atoms with Crippen LogP contribution in [0.3, 0.4) is 0 Å². The monoisotopic (exact) mass is 346 g/mol. The van der Waals surface area contributed by atoms with Crippen LogP contribution in [0.4, 0.5) is 0 Å². The molecule has 2 N–H and O–H groups in total. The summed E-state index contributed by atoms with van der Waals surface area (Å²) in [4.78, 5) is 25.3. The second kappa shape index (κ2) is 3.67. The SMILES string of the molecule is C=C1C[C@@]23C[C@@]1(O)CC[C@@H]2[C@]12C[C@H]4O[C@H]4C(C)(C(=O)O1)[C@@H]2[C@H]3C(=O)O. The quantitative estimate of drug-likeness (QED) is 0.422. The lowest BCUT2D eigenvalue weighted by atomic mass is 9.60. The molecule has 0 aromatic carbocycles. The van der Waals surface area contributed by atoms with Crippen molar-refractivity contribution in [2.24, 2.45) is 28.6 Å². The summed E-state index contributed by atoms with van der Waals surface area (Å²) in [6.45, 7) is 5.91. The van der Waals surface area contributed by atoms with E-state index in [1.54, 1.807) is 0 Å². The number of hydrogen-bond acceptors (Lipinski definition) is 5. The molecule has 0 radical (unpaired) electrons. The lowest BCUT2D eigenvalue weighted by Crippen LogP contribution is -2.50. The van der Waals surface area contributed by atoms with E-state index in [0.29, 0.717) is 32.1 Å². The van der Waals surface area contributed by atoms with Crippen LogP contribution >= 0.6 is 0 Å². The van der Waals surface area contributed by atoms with Crippen LogP contribution in [0.25, 0.3) is 0 Å². The minimum absolute atomic E-state index is 0.00251. The second-order valence-corrected chi connectivity index (χ2v) is 9.53. The molecule has 2 heterocycles. The molecule has 0 aromatic heterocycles. The van der Waals surface area contributed by atoms with Gasteiger partial charge >= 0.3 is 11.9 Å². The number of rotatable bonds is 1. The predicted molar refractivity (Wildman–Crippen MR) is 83.3 cm³/mol. The highest BCUT2D eigenvalue weighted by molar-refractivity contribution is 5.86. The molecule has 25 heavy (non-hydrogen) atoms. The fraction of sp³-hybridized carbons (Fsp3) is 0.789. The lowest BCUT2D eigenvalue weighted by Gasteiger charge is -2.45. The highest BCUT2D eigenvalue weighted by atomic mass is 16.6. The first kappa shape index (κ1) is 14.7. The van der Waals surface area contributed by atoms with Crippen molar-refractivity contribution in [3.8, 4) is 0 Å². The van der Waals surface area contributed by atoms with Gasteiger partial charge in [0.2, 0.25) is 0 Å². The van der Waals surface area contributed by atoms with Gasteiger partial charge in [-0.15, -0.1) is 0 Å². The number of aliphatic hydroxyl groups is 1. The molecule has 6 heteroatoms. The van der Waals surface area contributed by atoms with Crippen molar-refractivity contribution in [1.29, 1.82) is 0 Å². The summed E-state index contributed by atoms with van der Waals surface area (Å²) in [6, 6.07) is 0. The molecule has 4 aliphatic carbocycles. The molecule has 6 nitrogen and oxygen atoms in total. The van der Waals surface area contributed by atoms with Gasteiger partial charge in [-0.1, -0.05) is 6.58 Å². The molecule has 1 unspecified atom stereocenters. The number of aliphatic carboxylic acids is 1. The molecule has 2 aliphatic heterocycles. The van der Waals surface area contributed by atoms with Crippen LogP contribution in [-0.4, -0.2) is 45.6 Å². The molecule has 4 bridgehead atoms. The van der Waals surface area contributed by atoms with Gasteiger partial charge in [0.25, 0.3) is 0 Å². The predicted octanol–water partition coefficient (Wildman–Crippen LogP) is 1.27. The summed E-state index contributed by atoms with van der Waals surface area (Å²) in [5.74, 6) is -2.29.